The number of methoxy groups -OCH3 is 1. The van der Waals surface area contributed by atoms with Crippen LogP contribution in [0.2, 0.25) is 5.02 Å². The number of nitrogens with zero attached hydrogens (tertiary/aromatic N) is 2. The molecule has 33 heavy (non-hydrogen) atoms. The molecule has 1 unspecified atom stereocenters. The minimum Gasteiger partial charge on any atom is -0.507 e. The lowest BCUT2D eigenvalue weighted by molar-refractivity contribution is -0.132. The molecule has 1 aromatic heterocycles. The molecule has 4 rings (SSSR count). The predicted molar refractivity (Wildman–Crippen MR) is 128 cm³/mol. The number of ketones is 1. The molecule has 1 aliphatic heterocycles. The third-order valence-electron chi connectivity index (χ3n) is 5.73. The highest BCUT2D eigenvalue weighted by molar-refractivity contribution is 6.52. The first-order valence-corrected chi connectivity index (χ1v) is 10.9. The van der Waals surface area contributed by atoms with Crippen molar-refractivity contribution in [2.24, 2.45) is 0 Å². The molecule has 0 radical (unpaired) electrons. The van der Waals surface area contributed by atoms with Gasteiger partial charge in [0, 0.05) is 23.6 Å². The van der Waals surface area contributed by atoms with Gasteiger partial charge in [-0.25, -0.2) is 0 Å². The molecule has 6 nitrogen and oxygen atoms in total. The fourth-order valence-electron chi connectivity index (χ4n) is 3.94. The number of benzene rings is 2. The number of halogens is 1. The summed E-state index contributed by atoms with van der Waals surface area (Å²) in [7, 11) is 1.49. The van der Waals surface area contributed by atoms with Gasteiger partial charge in [0.05, 0.1) is 23.7 Å². The van der Waals surface area contributed by atoms with Crippen LogP contribution in [0.3, 0.4) is 0 Å². The number of anilines is 1. The number of amides is 1. The average molecular weight is 463 g/mol. The zero-order valence-corrected chi connectivity index (χ0v) is 19.2. The molecule has 0 saturated carbocycles. The molecular weight excluding hydrogens is 440 g/mol. The Morgan fingerprint density at radius 3 is 2.33 bits per heavy atom. The van der Waals surface area contributed by atoms with Crippen molar-refractivity contribution in [3.05, 3.63) is 94.3 Å². The summed E-state index contributed by atoms with van der Waals surface area (Å²) in [5.41, 5.74) is 2.47. The quantitative estimate of drug-likeness (QED) is 0.308. The summed E-state index contributed by atoms with van der Waals surface area (Å²) in [4.78, 5) is 31.9. The number of ether oxygens (including phenoxy) is 1. The molecule has 0 bridgehead atoms. The lowest BCUT2D eigenvalue weighted by Crippen LogP contribution is -2.29. The van der Waals surface area contributed by atoms with Crippen molar-refractivity contribution >= 4 is 34.7 Å². The third-order valence-corrected chi connectivity index (χ3v) is 6.06. The van der Waals surface area contributed by atoms with Crippen LogP contribution in [-0.4, -0.2) is 28.9 Å². The molecule has 2 aromatic carbocycles. The molecule has 0 aliphatic carbocycles. The van der Waals surface area contributed by atoms with E-state index >= 15 is 0 Å². The Labute approximate surface area is 197 Å². The Balaban J connectivity index is 1.92. The second-order valence-corrected chi connectivity index (χ2v) is 8.45. The molecule has 7 heteroatoms. The van der Waals surface area contributed by atoms with E-state index in [1.54, 1.807) is 36.7 Å². The smallest absolute Gasteiger partial charge is 0.300 e. The van der Waals surface area contributed by atoms with Gasteiger partial charge in [0.15, 0.2) is 0 Å². The summed E-state index contributed by atoms with van der Waals surface area (Å²) in [6, 6.07) is 14.8. The van der Waals surface area contributed by atoms with E-state index in [9.17, 15) is 14.7 Å². The summed E-state index contributed by atoms with van der Waals surface area (Å²) in [5.74, 6) is -1.10. The van der Waals surface area contributed by atoms with Gasteiger partial charge >= 0.3 is 0 Å². The standard InChI is InChI=1S/C26H23ClN2O4/c1-15(2)16-4-6-18(7-5-16)29-23(17-10-12-28-13-11-17)22(25(31)26(29)32)24(30)20-14-19(33-3)8-9-21(20)27/h4-15,23,30H,1-3H3/b24-22+. The number of aliphatic hydroxyl groups is 1. The van der Waals surface area contributed by atoms with Crippen LogP contribution in [0.4, 0.5) is 5.69 Å². The maximum Gasteiger partial charge on any atom is 0.300 e. The number of hydrogen-bond acceptors (Lipinski definition) is 5. The molecule has 1 fully saturated rings. The van der Waals surface area contributed by atoms with E-state index < -0.39 is 17.7 Å². The van der Waals surface area contributed by atoms with E-state index in [0.717, 1.165) is 5.56 Å². The Bertz CT molecular complexity index is 1240. The van der Waals surface area contributed by atoms with Gasteiger partial charge in [0.1, 0.15) is 11.5 Å². The second-order valence-electron chi connectivity index (χ2n) is 8.04. The van der Waals surface area contributed by atoms with Gasteiger partial charge < -0.3 is 9.84 Å². The number of aromatic nitrogens is 1. The number of aliphatic hydroxyl groups excluding tert-OH is 1. The van der Waals surface area contributed by atoms with Gasteiger partial charge in [-0.15, -0.1) is 0 Å². The van der Waals surface area contributed by atoms with Crippen molar-refractivity contribution in [3.63, 3.8) is 0 Å². The summed E-state index contributed by atoms with van der Waals surface area (Å²) in [5, 5.41) is 11.5. The van der Waals surface area contributed by atoms with Crippen LogP contribution in [0, 0.1) is 0 Å². The van der Waals surface area contributed by atoms with Gasteiger partial charge in [-0.1, -0.05) is 37.6 Å². The summed E-state index contributed by atoms with van der Waals surface area (Å²) in [6.07, 6.45) is 3.16. The summed E-state index contributed by atoms with van der Waals surface area (Å²) >= 11 is 6.34. The summed E-state index contributed by atoms with van der Waals surface area (Å²) < 4.78 is 5.24. The largest absolute Gasteiger partial charge is 0.507 e. The Kier molecular flexibility index (Phi) is 6.20. The minimum atomic E-state index is -0.847. The minimum absolute atomic E-state index is 0.0470. The van der Waals surface area contributed by atoms with Crippen LogP contribution < -0.4 is 9.64 Å². The van der Waals surface area contributed by atoms with Crippen molar-refractivity contribution in [3.8, 4) is 5.75 Å². The lowest BCUT2D eigenvalue weighted by Gasteiger charge is -2.25. The Morgan fingerprint density at radius 2 is 1.73 bits per heavy atom. The van der Waals surface area contributed by atoms with E-state index in [4.69, 9.17) is 16.3 Å². The number of pyridine rings is 1. The first kappa shape index (κ1) is 22.6. The Hall–Kier alpha value is -3.64. The van der Waals surface area contributed by atoms with Gasteiger partial charge in [-0.3, -0.25) is 19.5 Å². The first-order valence-electron chi connectivity index (χ1n) is 10.5. The molecular formula is C26H23ClN2O4. The molecule has 1 atom stereocenters. The molecule has 1 saturated heterocycles. The first-order chi connectivity index (χ1) is 15.8. The van der Waals surface area contributed by atoms with E-state index in [1.165, 1.54) is 18.1 Å². The Morgan fingerprint density at radius 1 is 1.06 bits per heavy atom. The number of carbonyl (C=O) groups is 2. The van der Waals surface area contributed by atoms with E-state index in [-0.39, 0.29) is 21.9 Å². The van der Waals surface area contributed by atoms with E-state index in [2.05, 4.69) is 18.8 Å². The van der Waals surface area contributed by atoms with Crippen molar-refractivity contribution in [2.75, 3.05) is 12.0 Å². The third kappa shape index (κ3) is 4.10. The average Bonchev–Trinajstić information content (AvgIpc) is 3.10. The SMILES string of the molecule is COc1ccc(Cl)c(/C(O)=C2\C(=O)C(=O)N(c3ccc(C(C)C)cc3)C2c2ccncc2)c1. The van der Waals surface area contributed by atoms with Crippen LogP contribution in [0.25, 0.3) is 5.76 Å². The van der Waals surface area contributed by atoms with Crippen LogP contribution in [0.5, 0.6) is 5.75 Å². The molecule has 2 heterocycles. The number of Topliss-reactive ketones (excluding diaryl/α,β-unsaturated/α-hetero) is 1. The maximum absolute atomic E-state index is 13.2. The second kappa shape index (κ2) is 9.08. The van der Waals surface area contributed by atoms with Crippen molar-refractivity contribution < 1.29 is 19.4 Å². The highest BCUT2D eigenvalue weighted by Crippen LogP contribution is 2.43. The topological polar surface area (TPSA) is 79.7 Å². The highest BCUT2D eigenvalue weighted by atomic mass is 35.5. The molecule has 168 valence electrons. The van der Waals surface area contributed by atoms with Gasteiger partial charge in [-0.05, 0) is 59.5 Å². The maximum atomic E-state index is 13.2. The summed E-state index contributed by atoms with van der Waals surface area (Å²) in [6.45, 7) is 4.16. The monoisotopic (exact) mass is 462 g/mol. The van der Waals surface area contributed by atoms with Crippen molar-refractivity contribution in [1.82, 2.24) is 4.98 Å². The fourth-order valence-corrected chi connectivity index (χ4v) is 4.14. The zero-order chi connectivity index (χ0) is 23.7. The predicted octanol–water partition coefficient (Wildman–Crippen LogP) is 5.49. The van der Waals surface area contributed by atoms with E-state index in [1.807, 2.05) is 24.3 Å². The van der Waals surface area contributed by atoms with Gasteiger partial charge in [0.2, 0.25) is 0 Å². The van der Waals surface area contributed by atoms with Gasteiger partial charge in [0.25, 0.3) is 11.7 Å². The number of hydrogen-bond donors (Lipinski definition) is 1. The van der Waals surface area contributed by atoms with Crippen molar-refractivity contribution in [2.45, 2.75) is 25.8 Å². The molecule has 1 N–H and O–H groups in total. The van der Waals surface area contributed by atoms with Gasteiger partial charge in [-0.2, -0.15) is 0 Å². The fraction of sp³-hybridized carbons (Fsp3) is 0.192. The van der Waals surface area contributed by atoms with Crippen LogP contribution in [-0.2, 0) is 9.59 Å². The van der Waals surface area contributed by atoms with Crippen LogP contribution in [0.15, 0.2) is 72.6 Å². The lowest BCUT2D eigenvalue weighted by atomic mass is 9.95. The molecule has 1 aliphatic rings. The molecule has 0 spiro atoms. The van der Waals surface area contributed by atoms with Crippen LogP contribution >= 0.6 is 11.6 Å². The number of carbonyl (C=O) groups excluding carboxylic acids is 2. The highest BCUT2D eigenvalue weighted by Gasteiger charge is 2.47. The van der Waals surface area contributed by atoms with Crippen LogP contribution in [0.1, 0.15) is 42.5 Å². The van der Waals surface area contributed by atoms with Crippen molar-refractivity contribution in [1.29, 1.82) is 0 Å². The zero-order valence-electron chi connectivity index (χ0n) is 18.4. The molecule has 1 amide bonds. The van der Waals surface area contributed by atoms with E-state index in [0.29, 0.717) is 22.9 Å². The normalized spacial score (nSPS) is 17.6. The molecule has 3 aromatic rings. The number of rotatable bonds is 5.